The van der Waals surface area contributed by atoms with Crippen molar-refractivity contribution >= 4 is 11.5 Å². The summed E-state index contributed by atoms with van der Waals surface area (Å²) in [5.41, 5.74) is 0.885. The lowest BCUT2D eigenvalue weighted by Crippen LogP contribution is -2.18. The summed E-state index contributed by atoms with van der Waals surface area (Å²) < 4.78 is 0. The normalized spacial score (nSPS) is 16.5. The third-order valence-electron chi connectivity index (χ3n) is 3.56. The van der Waals surface area contributed by atoms with E-state index in [1.54, 1.807) is 6.07 Å². The molecule has 0 spiro atoms. The van der Waals surface area contributed by atoms with Crippen LogP contribution in [0.1, 0.15) is 37.7 Å². The molecule has 0 amide bonds. The van der Waals surface area contributed by atoms with Gasteiger partial charge in [0.25, 0.3) is 5.69 Å². The molecule has 5 nitrogen and oxygen atoms in total. The number of hydrogen-bond acceptors (Lipinski definition) is 4. The number of nitro groups is 1. The van der Waals surface area contributed by atoms with Gasteiger partial charge in [0.2, 0.25) is 0 Å². The fourth-order valence-electron chi connectivity index (χ4n) is 2.48. The Balaban J connectivity index is 1.94. The van der Waals surface area contributed by atoms with Crippen molar-refractivity contribution in [3.05, 3.63) is 27.9 Å². The first-order valence-electron chi connectivity index (χ1n) is 6.51. The van der Waals surface area contributed by atoms with Crippen molar-refractivity contribution in [1.29, 1.82) is 0 Å². The van der Waals surface area contributed by atoms with E-state index in [0.29, 0.717) is 0 Å². The van der Waals surface area contributed by atoms with Gasteiger partial charge >= 0.3 is 0 Å². The van der Waals surface area contributed by atoms with Crippen LogP contribution in [0.25, 0.3) is 0 Å². The maximum atomic E-state index is 10.6. The summed E-state index contributed by atoms with van der Waals surface area (Å²) in [5, 5.41) is 13.9. The fraction of sp³-hybridized carbons (Fsp3) is 0.615. The van der Waals surface area contributed by atoms with Crippen LogP contribution in [-0.2, 0) is 0 Å². The minimum atomic E-state index is -0.412. The van der Waals surface area contributed by atoms with Gasteiger partial charge < -0.3 is 5.32 Å². The van der Waals surface area contributed by atoms with E-state index in [1.807, 2.05) is 6.92 Å². The van der Waals surface area contributed by atoms with Crippen molar-refractivity contribution in [3.63, 3.8) is 0 Å². The molecular formula is C13H19N3O2. The predicted octanol–water partition coefficient (Wildman–Crippen LogP) is 3.29. The second kappa shape index (κ2) is 5.80. The molecule has 1 fully saturated rings. The highest BCUT2D eigenvalue weighted by atomic mass is 16.6. The van der Waals surface area contributed by atoms with Gasteiger partial charge in [-0.05, 0) is 31.2 Å². The average molecular weight is 249 g/mol. The van der Waals surface area contributed by atoms with Gasteiger partial charge in [0.15, 0.2) is 0 Å². The zero-order valence-corrected chi connectivity index (χ0v) is 10.7. The van der Waals surface area contributed by atoms with Crippen molar-refractivity contribution < 1.29 is 4.92 Å². The molecule has 0 unspecified atom stereocenters. The minimum Gasteiger partial charge on any atom is -0.370 e. The smallest absolute Gasteiger partial charge is 0.287 e. The van der Waals surface area contributed by atoms with Crippen LogP contribution in [0.2, 0.25) is 0 Å². The summed E-state index contributed by atoms with van der Waals surface area (Å²) in [6.45, 7) is 2.77. The Morgan fingerprint density at radius 3 is 2.78 bits per heavy atom. The van der Waals surface area contributed by atoms with E-state index in [1.165, 1.54) is 38.3 Å². The van der Waals surface area contributed by atoms with Crippen molar-refractivity contribution in [3.8, 4) is 0 Å². The van der Waals surface area contributed by atoms with Crippen LogP contribution in [0.3, 0.4) is 0 Å². The number of nitrogens with one attached hydrogen (secondary N) is 1. The van der Waals surface area contributed by atoms with E-state index in [-0.39, 0.29) is 5.69 Å². The lowest BCUT2D eigenvalue weighted by molar-refractivity contribution is -0.385. The summed E-state index contributed by atoms with van der Waals surface area (Å²) >= 11 is 0. The molecule has 0 atom stereocenters. The number of anilines is 1. The summed E-state index contributed by atoms with van der Waals surface area (Å²) in [7, 11) is 0. The first kappa shape index (κ1) is 12.8. The second-order valence-electron chi connectivity index (χ2n) is 5.00. The van der Waals surface area contributed by atoms with Gasteiger partial charge in [-0.25, -0.2) is 4.98 Å². The molecule has 0 radical (unpaired) electrons. The summed E-state index contributed by atoms with van der Waals surface area (Å²) in [6.07, 6.45) is 7.86. The van der Waals surface area contributed by atoms with Gasteiger partial charge in [0, 0.05) is 12.6 Å². The van der Waals surface area contributed by atoms with E-state index in [9.17, 15) is 10.1 Å². The van der Waals surface area contributed by atoms with E-state index >= 15 is 0 Å². The molecule has 1 aliphatic carbocycles. The third kappa shape index (κ3) is 3.18. The number of nitrogens with zero attached hydrogens (tertiary/aromatic N) is 2. The first-order chi connectivity index (χ1) is 8.66. The van der Waals surface area contributed by atoms with Crippen molar-refractivity contribution in [2.75, 3.05) is 11.9 Å². The molecule has 98 valence electrons. The van der Waals surface area contributed by atoms with E-state index in [4.69, 9.17) is 0 Å². The highest BCUT2D eigenvalue weighted by molar-refractivity contribution is 5.48. The van der Waals surface area contributed by atoms with Gasteiger partial charge in [-0.3, -0.25) is 10.1 Å². The third-order valence-corrected chi connectivity index (χ3v) is 3.56. The topological polar surface area (TPSA) is 68.1 Å². The van der Waals surface area contributed by atoms with Gasteiger partial charge in [-0.2, -0.15) is 0 Å². The lowest BCUT2D eigenvalue weighted by atomic mass is 9.89. The van der Waals surface area contributed by atoms with Crippen LogP contribution in [-0.4, -0.2) is 16.5 Å². The van der Waals surface area contributed by atoms with Crippen LogP contribution in [0.5, 0.6) is 0 Å². The highest BCUT2D eigenvalue weighted by Gasteiger charge is 2.14. The lowest BCUT2D eigenvalue weighted by Gasteiger charge is -2.22. The van der Waals surface area contributed by atoms with Crippen molar-refractivity contribution in [1.82, 2.24) is 4.98 Å². The molecular weight excluding hydrogens is 230 g/mol. The van der Waals surface area contributed by atoms with Gasteiger partial charge in [0.05, 0.1) is 4.92 Å². The van der Waals surface area contributed by atoms with E-state index in [2.05, 4.69) is 10.3 Å². The molecule has 1 N–H and O–H groups in total. The van der Waals surface area contributed by atoms with E-state index in [0.717, 1.165) is 23.8 Å². The molecule has 0 saturated heterocycles. The summed E-state index contributed by atoms with van der Waals surface area (Å²) in [5.74, 6) is 1.49. The SMILES string of the molecule is Cc1cc([N+](=O)[O-])cnc1NCC1CCCCC1. The zero-order valence-electron chi connectivity index (χ0n) is 10.7. The summed E-state index contributed by atoms with van der Waals surface area (Å²) in [6, 6.07) is 1.57. The number of aromatic nitrogens is 1. The standard InChI is InChI=1S/C13H19N3O2/c1-10-7-12(16(17)18)9-15-13(10)14-8-11-5-3-2-4-6-11/h7,9,11H,2-6,8H2,1H3,(H,14,15). The predicted molar refractivity (Wildman–Crippen MR) is 70.7 cm³/mol. The number of hydrogen-bond donors (Lipinski definition) is 1. The molecule has 0 bridgehead atoms. The Bertz CT molecular complexity index is 428. The monoisotopic (exact) mass is 249 g/mol. The van der Waals surface area contributed by atoms with Crippen LogP contribution in [0.4, 0.5) is 11.5 Å². The maximum absolute atomic E-state index is 10.6. The number of pyridine rings is 1. The maximum Gasteiger partial charge on any atom is 0.287 e. The van der Waals surface area contributed by atoms with Crippen LogP contribution in [0, 0.1) is 23.0 Å². The Morgan fingerprint density at radius 1 is 1.44 bits per heavy atom. The Kier molecular flexibility index (Phi) is 4.12. The Labute approximate surface area is 107 Å². The largest absolute Gasteiger partial charge is 0.370 e. The molecule has 1 aromatic rings. The van der Waals surface area contributed by atoms with Gasteiger partial charge in [-0.1, -0.05) is 19.3 Å². The number of rotatable bonds is 4. The van der Waals surface area contributed by atoms with Gasteiger partial charge in [-0.15, -0.1) is 0 Å². The summed E-state index contributed by atoms with van der Waals surface area (Å²) in [4.78, 5) is 14.3. The molecule has 1 heterocycles. The minimum absolute atomic E-state index is 0.0516. The molecule has 0 aromatic carbocycles. The Hall–Kier alpha value is -1.65. The molecule has 18 heavy (non-hydrogen) atoms. The van der Waals surface area contributed by atoms with Gasteiger partial charge in [0.1, 0.15) is 12.0 Å². The Morgan fingerprint density at radius 2 is 2.17 bits per heavy atom. The molecule has 5 heteroatoms. The molecule has 1 aromatic heterocycles. The molecule has 1 saturated carbocycles. The number of aryl methyl sites for hydroxylation is 1. The molecule has 0 aliphatic heterocycles. The quantitative estimate of drug-likeness (QED) is 0.656. The van der Waals surface area contributed by atoms with Crippen LogP contribution in [0.15, 0.2) is 12.3 Å². The van der Waals surface area contributed by atoms with Crippen LogP contribution >= 0.6 is 0 Å². The van der Waals surface area contributed by atoms with E-state index < -0.39 is 4.92 Å². The first-order valence-corrected chi connectivity index (χ1v) is 6.51. The highest BCUT2D eigenvalue weighted by Crippen LogP contribution is 2.24. The zero-order chi connectivity index (χ0) is 13.0. The fourth-order valence-corrected chi connectivity index (χ4v) is 2.48. The van der Waals surface area contributed by atoms with Crippen LogP contribution < -0.4 is 5.32 Å². The molecule has 2 rings (SSSR count). The second-order valence-corrected chi connectivity index (χ2v) is 5.00. The average Bonchev–Trinajstić information content (AvgIpc) is 2.38. The van der Waals surface area contributed by atoms with Crippen molar-refractivity contribution in [2.45, 2.75) is 39.0 Å². The van der Waals surface area contributed by atoms with Crippen molar-refractivity contribution in [2.24, 2.45) is 5.92 Å². The molecule has 1 aliphatic rings.